The second kappa shape index (κ2) is 12.3. The second-order valence-corrected chi connectivity index (χ2v) is 11.7. The van der Waals surface area contributed by atoms with Crippen molar-refractivity contribution in [3.63, 3.8) is 0 Å². The molecule has 2 atom stereocenters. The van der Waals surface area contributed by atoms with Gasteiger partial charge in [-0.25, -0.2) is 9.59 Å². The van der Waals surface area contributed by atoms with Gasteiger partial charge in [0, 0.05) is 59.2 Å². The van der Waals surface area contributed by atoms with Gasteiger partial charge in [-0.2, -0.15) is 0 Å². The summed E-state index contributed by atoms with van der Waals surface area (Å²) in [7, 11) is 0. The van der Waals surface area contributed by atoms with Crippen molar-refractivity contribution in [2.45, 2.75) is 38.4 Å². The van der Waals surface area contributed by atoms with Gasteiger partial charge in [0.15, 0.2) is 17.2 Å². The first-order valence-corrected chi connectivity index (χ1v) is 14.8. The molecule has 0 bridgehead atoms. The number of carbonyl (C=O) groups excluding carboxylic acids is 2. The van der Waals surface area contributed by atoms with Crippen LogP contribution in [-0.4, -0.2) is 83.3 Å². The summed E-state index contributed by atoms with van der Waals surface area (Å²) in [6.07, 6.45) is -2.29. The van der Waals surface area contributed by atoms with Crippen molar-refractivity contribution >= 4 is 11.9 Å². The van der Waals surface area contributed by atoms with Gasteiger partial charge in [-0.1, -0.05) is 0 Å². The van der Waals surface area contributed by atoms with E-state index < -0.39 is 52.9 Å². The average molecular weight is 679 g/mol. The Morgan fingerprint density at radius 1 is 0.612 bits per heavy atom. The fourth-order valence-electron chi connectivity index (χ4n) is 5.70. The summed E-state index contributed by atoms with van der Waals surface area (Å²) >= 11 is 0. The molecule has 2 heterocycles. The number of fused-ring (bicyclic) bond motifs is 2. The molecule has 6 rings (SSSR count). The van der Waals surface area contributed by atoms with E-state index in [1.807, 2.05) is 0 Å². The van der Waals surface area contributed by atoms with Crippen molar-refractivity contribution < 1.29 is 74.5 Å². The highest BCUT2D eigenvalue weighted by molar-refractivity contribution is 5.91. The van der Waals surface area contributed by atoms with E-state index >= 15 is 0 Å². The minimum Gasteiger partial charge on any atom is -0.508 e. The van der Waals surface area contributed by atoms with E-state index in [1.54, 1.807) is 0 Å². The van der Waals surface area contributed by atoms with E-state index in [4.69, 9.17) is 18.9 Å². The van der Waals surface area contributed by atoms with Crippen molar-refractivity contribution in [2.75, 3.05) is 13.2 Å². The highest BCUT2D eigenvalue weighted by atomic mass is 16.6. The standard InChI is InChI=1S/C34H30O15/c1-13-22(35)2-14(3-23(13)36)33(44)49-17-7-21-29(46-11-17)10-26(39)18(30(21)42)8-20-25(38)9-24(37)19-6-16(12-47-32(19)20)48-34(45)15-4-27(40)31(43)28(41)5-15/h2-5,9-10,16-17,35-43H,6-8,11-12H2,1H3/t16-,17-/m1/s1. The van der Waals surface area contributed by atoms with Gasteiger partial charge in [-0.3, -0.25) is 0 Å². The molecule has 256 valence electrons. The van der Waals surface area contributed by atoms with E-state index in [2.05, 4.69) is 0 Å². The number of hydrogen-bond donors (Lipinski definition) is 9. The highest BCUT2D eigenvalue weighted by Crippen LogP contribution is 2.47. The molecule has 0 aromatic heterocycles. The van der Waals surface area contributed by atoms with E-state index in [9.17, 15) is 55.5 Å². The van der Waals surface area contributed by atoms with Crippen LogP contribution < -0.4 is 9.47 Å². The van der Waals surface area contributed by atoms with Crippen LogP contribution in [0.2, 0.25) is 0 Å². The van der Waals surface area contributed by atoms with Crippen molar-refractivity contribution in [3.05, 3.63) is 75.3 Å². The summed E-state index contributed by atoms with van der Waals surface area (Å²) in [6.45, 7) is 1.10. The van der Waals surface area contributed by atoms with Crippen molar-refractivity contribution in [1.29, 1.82) is 0 Å². The minimum atomic E-state index is -0.966. The van der Waals surface area contributed by atoms with Crippen LogP contribution in [0, 0.1) is 6.92 Å². The van der Waals surface area contributed by atoms with Gasteiger partial charge in [-0.05, 0) is 31.2 Å². The molecule has 4 aromatic carbocycles. The Morgan fingerprint density at radius 3 is 1.71 bits per heavy atom. The Kier molecular flexibility index (Phi) is 8.19. The van der Waals surface area contributed by atoms with Crippen LogP contribution in [0.4, 0.5) is 0 Å². The van der Waals surface area contributed by atoms with Crippen LogP contribution in [0.25, 0.3) is 0 Å². The number of aromatic hydroxyl groups is 9. The predicted molar refractivity (Wildman–Crippen MR) is 165 cm³/mol. The molecule has 0 fully saturated rings. The zero-order chi connectivity index (χ0) is 35.3. The molecule has 2 aliphatic rings. The summed E-state index contributed by atoms with van der Waals surface area (Å²) in [5, 5.41) is 92.5. The predicted octanol–water partition coefficient (Wildman–Crippen LogP) is 3.26. The molecule has 2 aliphatic heterocycles. The van der Waals surface area contributed by atoms with E-state index in [0.29, 0.717) is 0 Å². The van der Waals surface area contributed by atoms with Crippen molar-refractivity contribution in [1.82, 2.24) is 0 Å². The molecular formula is C34H30O15. The number of hydrogen-bond acceptors (Lipinski definition) is 15. The quantitative estimate of drug-likeness (QED) is 0.105. The Morgan fingerprint density at radius 2 is 1.12 bits per heavy atom. The number of phenolic OH excluding ortho intramolecular Hbond substituents is 9. The largest absolute Gasteiger partial charge is 0.508 e. The number of esters is 2. The highest BCUT2D eigenvalue weighted by Gasteiger charge is 2.33. The van der Waals surface area contributed by atoms with Crippen LogP contribution in [0.15, 0.2) is 36.4 Å². The Bertz CT molecular complexity index is 1970. The Hall–Kier alpha value is -6.38. The Labute approximate surface area is 276 Å². The molecule has 0 unspecified atom stereocenters. The summed E-state index contributed by atoms with van der Waals surface area (Å²) < 4.78 is 22.4. The van der Waals surface area contributed by atoms with Gasteiger partial charge in [0.25, 0.3) is 0 Å². The van der Waals surface area contributed by atoms with Crippen molar-refractivity contribution in [3.8, 4) is 63.2 Å². The lowest BCUT2D eigenvalue weighted by molar-refractivity contribution is 0.0121. The Balaban J connectivity index is 1.22. The third kappa shape index (κ3) is 6.08. The zero-order valence-electron chi connectivity index (χ0n) is 25.6. The summed E-state index contributed by atoms with van der Waals surface area (Å²) in [4.78, 5) is 25.4. The van der Waals surface area contributed by atoms with Gasteiger partial charge in [-0.15, -0.1) is 0 Å². The normalized spacial score (nSPS) is 16.4. The minimum absolute atomic E-state index is 0.0221. The molecule has 0 amide bonds. The molecule has 15 heteroatoms. The lowest BCUT2D eigenvalue weighted by Crippen LogP contribution is -2.31. The third-order valence-electron chi connectivity index (χ3n) is 8.38. The molecular weight excluding hydrogens is 648 g/mol. The van der Waals surface area contributed by atoms with Crippen LogP contribution in [0.3, 0.4) is 0 Å². The fraction of sp³-hybridized carbons (Fsp3) is 0.235. The number of ether oxygens (including phenoxy) is 4. The maximum Gasteiger partial charge on any atom is 0.338 e. The molecule has 9 N–H and O–H groups in total. The topological polar surface area (TPSA) is 253 Å². The average Bonchev–Trinajstić information content (AvgIpc) is 3.05. The lowest BCUT2D eigenvalue weighted by atomic mass is 9.92. The van der Waals surface area contributed by atoms with Gasteiger partial charge in [0.05, 0.1) is 11.1 Å². The SMILES string of the molecule is Cc1c(O)cc(C(=O)O[C@H]2COc3cc(O)c(Cc4c(O)cc(O)c5c4OC[C@H](OC(=O)c4cc(O)c(O)c(O)c4)C5)c(O)c3C2)cc1O. The summed E-state index contributed by atoms with van der Waals surface area (Å²) in [6, 6.07) is 6.39. The summed E-state index contributed by atoms with van der Waals surface area (Å²) in [5.74, 6) is -6.17. The molecule has 0 saturated heterocycles. The number of carbonyl (C=O) groups is 2. The number of rotatable bonds is 6. The third-order valence-corrected chi connectivity index (χ3v) is 8.38. The smallest absolute Gasteiger partial charge is 0.338 e. The molecule has 49 heavy (non-hydrogen) atoms. The van der Waals surface area contributed by atoms with Gasteiger partial charge < -0.3 is 64.9 Å². The van der Waals surface area contributed by atoms with E-state index in [1.165, 1.54) is 13.0 Å². The first kappa shape index (κ1) is 32.6. The number of phenols is 9. The first-order chi connectivity index (χ1) is 23.2. The number of benzene rings is 4. The molecule has 15 nitrogen and oxygen atoms in total. The molecule has 4 aromatic rings. The van der Waals surface area contributed by atoms with Crippen LogP contribution >= 0.6 is 0 Å². The van der Waals surface area contributed by atoms with Gasteiger partial charge in [0.1, 0.15) is 71.4 Å². The van der Waals surface area contributed by atoms with Crippen LogP contribution in [-0.2, 0) is 28.7 Å². The van der Waals surface area contributed by atoms with E-state index in [0.717, 1.165) is 30.3 Å². The molecule has 0 saturated carbocycles. The maximum atomic E-state index is 12.8. The summed E-state index contributed by atoms with van der Waals surface area (Å²) in [5.41, 5.74) is 0.192. The van der Waals surface area contributed by atoms with Crippen molar-refractivity contribution in [2.24, 2.45) is 0 Å². The van der Waals surface area contributed by atoms with Gasteiger partial charge >= 0.3 is 11.9 Å². The maximum absolute atomic E-state index is 12.8. The van der Waals surface area contributed by atoms with Gasteiger partial charge in [0.2, 0.25) is 0 Å². The van der Waals surface area contributed by atoms with Crippen LogP contribution in [0.5, 0.6) is 63.2 Å². The molecule has 0 spiro atoms. The van der Waals surface area contributed by atoms with Crippen LogP contribution in [0.1, 0.15) is 48.5 Å². The molecule has 0 radical (unpaired) electrons. The lowest BCUT2D eigenvalue weighted by Gasteiger charge is -2.29. The van der Waals surface area contributed by atoms with E-state index in [-0.39, 0.29) is 106 Å². The fourth-order valence-corrected chi connectivity index (χ4v) is 5.70. The monoisotopic (exact) mass is 678 g/mol. The zero-order valence-corrected chi connectivity index (χ0v) is 25.6. The molecule has 0 aliphatic carbocycles. The second-order valence-electron chi connectivity index (χ2n) is 11.7. The first-order valence-electron chi connectivity index (χ1n) is 14.8.